The molecule has 0 amide bonds. The van der Waals surface area contributed by atoms with Crippen molar-refractivity contribution < 1.29 is 0 Å². The molecule has 2 heteroatoms. The van der Waals surface area contributed by atoms with Crippen molar-refractivity contribution in [1.82, 2.24) is 0 Å². The molecule has 4 aromatic carbocycles. The molecule has 0 N–H and O–H groups in total. The second kappa shape index (κ2) is 10.9. The van der Waals surface area contributed by atoms with Gasteiger partial charge < -0.3 is 0 Å². The van der Waals surface area contributed by atoms with Gasteiger partial charge in [0.2, 0.25) is 0 Å². The fourth-order valence-corrected chi connectivity index (χ4v) is 8.87. The van der Waals surface area contributed by atoms with E-state index in [1.54, 1.807) is 4.88 Å². The molecule has 36 heavy (non-hydrogen) atoms. The minimum atomic E-state index is 0.377. The number of aryl methyl sites for hydroxylation is 1. The molecular weight excluding hydrogens is 519 g/mol. The number of fused-ring (bicyclic) bond motifs is 4. The van der Waals surface area contributed by atoms with E-state index in [4.69, 9.17) is 0 Å². The molecule has 0 saturated heterocycles. The number of unbranched alkanes of at least 4 members (excludes halogenated alkanes) is 7. The maximum absolute atomic E-state index is 2.45. The monoisotopic (exact) mass is 554 g/mol. The third-order valence-electron chi connectivity index (χ3n) is 7.45. The van der Waals surface area contributed by atoms with Gasteiger partial charge in [0.15, 0.2) is 0 Å². The maximum atomic E-state index is 2.45. The van der Waals surface area contributed by atoms with Crippen LogP contribution < -0.4 is 0 Å². The number of thiophene rings is 1. The molecule has 0 spiro atoms. The summed E-state index contributed by atoms with van der Waals surface area (Å²) in [7, 11) is 0. The molecule has 0 fully saturated rings. The van der Waals surface area contributed by atoms with Gasteiger partial charge in [-0.2, -0.15) is 0 Å². The Balaban J connectivity index is 1.22. The van der Waals surface area contributed by atoms with Crippen molar-refractivity contribution in [3.63, 3.8) is 0 Å². The van der Waals surface area contributed by atoms with E-state index in [0.29, 0.717) is 14.5 Å². The van der Waals surface area contributed by atoms with Crippen LogP contribution in [0.15, 0.2) is 78.9 Å². The normalized spacial score (nSPS) is 11.9. The summed E-state index contributed by atoms with van der Waals surface area (Å²) in [5.74, 6) is 0. The van der Waals surface area contributed by atoms with Crippen LogP contribution in [0.1, 0.15) is 63.2 Å². The third-order valence-corrected chi connectivity index (χ3v) is 11.0. The Labute approximate surface area is 224 Å². The Morgan fingerprint density at radius 3 is 2.00 bits per heavy atom. The summed E-state index contributed by atoms with van der Waals surface area (Å²) in [5, 5.41) is 8.29. The van der Waals surface area contributed by atoms with Crippen LogP contribution in [0.4, 0.5) is 0 Å². The Kier molecular flexibility index (Phi) is 7.28. The molecule has 0 unspecified atom stereocenters. The van der Waals surface area contributed by atoms with Crippen LogP contribution in [0.3, 0.4) is 0 Å². The van der Waals surface area contributed by atoms with Gasteiger partial charge in [-0.15, -0.1) is 0 Å². The zero-order chi connectivity index (χ0) is 24.3. The van der Waals surface area contributed by atoms with E-state index < -0.39 is 0 Å². The number of hydrogen-bond donors (Lipinski definition) is 0. The summed E-state index contributed by atoms with van der Waals surface area (Å²) in [4.78, 5) is 1.55. The van der Waals surface area contributed by atoms with Gasteiger partial charge in [-0.1, -0.05) is 45.4 Å². The number of benzene rings is 4. The third kappa shape index (κ3) is 5.18. The Morgan fingerprint density at radius 1 is 0.583 bits per heavy atom. The first-order valence-electron chi connectivity index (χ1n) is 13.7. The van der Waals surface area contributed by atoms with Gasteiger partial charge in [0.1, 0.15) is 0 Å². The first-order valence-corrected chi connectivity index (χ1v) is 16.2. The van der Waals surface area contributed by atoms with Gasteiger partial charge >= 0.3 is 180 Å². The van der Waals surface area contributed by atoms with Gasteiger partial charge in [0.25, 0.3) is 0 Å². The van der Waals surface area contributed by atoms with Crippen molar-refractivity contribution in [3.05, 3.63) is 83.7 Å². The fourth-order valence-electron chi connectivity index (χ4n) is 5.43. The Bertz CT molecular complexity index is 1530. The van der Waals surface area contributed by atoms with Crippen LogP contribution in [0.25, 0.3) is 51.3 Å². The summed E-state index contributed by atoms with van der Waals surface area (Å²) >= 11 is 2.38. The summed E-state index contributed by atoms with van der Waals surface area (Å²) in [6, 6.07) is 30.3. The molecule has 0 aliphatic rings. The van der Waals surface area contributed by atoms with Crippen LogP contribution in [0, 0.1) is 0 Å². The predicted molar refractivity (Wildman–Crippen MR) is 163 cm³/mol. The molecule has 0 bridgehead atoms. The van der Waals surface area contributed by atoms with Crippen LogP contribution in [-0.4, -0.2) is 14.5 Å². The summed E-state index contributed by atoms with van der Waals surface area (Å²) in [5.41, 5.74) is 1.37. The molecule has 2 heterocycles. The minimum absolute atomic E-state index is 0.377. The molecule has 2 aromatic heterocycles. The summed E-state index contributed by atoms with van der Waals surface area (Å²) in [6.45, 7) is 2.29. The molecule has 0 atom stereocenters. The topological polar surface area (TPSA) is 0 Å². The van der Waals surface area contributed by atoms with Crippen molar-refractivity contribution in [2.75, 3.05) is 0 Å². The molecule has 6 rings (SSSR count). The van der Waals surface area contributed by atoms with Crippen molar-refractivity contribution in [2.45, 2.75) is 64.7 Å². The first kappa shape index (κ1) is 24.0. The zero-order valence-corrected chi connectivity index (χ0v) is 23.7. The molecule has 0 aliphatic heterocycles. The quantitative estimate of drug-likeness (QED) is 0.0899. The molecular formula is C34H34SSe. The summed E-state index contributed by atoms with van der Waals surface area (Å²) in [6.07, 6.45) is 12.3. The average Bonchev–Trinajstić information content (AvgIpc) is 3.49. The standard InChI is InChI=1S/C34H34SSe/c1-2-3-4-5-6-7-8-12-15-31-20-29-18-25-17-28-22-34-30(19-26(28)16-27(25)21-32(29)35-31)23-33(36-34)24-13-10-9-11-14-24/h9-11,13-14,16-23H,2-8,12,15H2,1H3. The van der Waals surface area contributed by atoms with Gasteiger partial charge in [-0.25, -0.2) is 0 Å². The van der Waals surface area contributed by atoms with Gasteiger partial charge in [-0.05, 0) is 0 Å². The Morgan fingerprint density at radius 2 is 1.22 bits per heavy atom. The number of rotatable bonds is 10. The van der Waals surface area contributed by atoms with Gasteiger partial charge in [0.05, 0.1) is 0 Å². The van der Waals surface area contributed by atoms with Crippen molar-refractivity contribution >= 4 is 67.1 Å². The van der Waals surface area contributed by atoms with E-state index in [0.717, 1.165) is 0 Å². The second-order valence-corrected chi connectivity index (χ2v) is 13.7. The van der Waals surface area contributed by atoms with E-state index in [9.17, 15) is 0 Å². The van der Waals surface area contributed by atoms with Crippen LogP contribution in [-0.2, 0) is 6.42 Å². The van der Waals surface area contributed by atoms with Gasteiger partial charge in [-0.3, -0.25) is 0 Å². The molecule has 182 valence electrons. The molecule has 0 nitrogen and oxygen atoms in total. The van der Waals surface area contributed by atoms with Crippen LogP contribution in [0.5, 0.6) is 0 Å². The van der Waals surface area contributed by atoms with Crippen LogP contribution >= 0.6 is 11.3 Å². The SMILES string of the molecule is CCCCCCCCCCc1cc2cc3cc4cc5[se]c(-c6ccccc6)cc5cc4cc3cc2s1. The average molecular weight is 554 g/mol. The van der Waals surface area contributed by atoms with Gasteiger partial charge in [0, 0.05) is 0 Å². The zero-order valence-electron chi connectivity index (χ0n) is 21.2. The van der Waals surface area contributed by atoms with E-state index in [1.807, 2.05) is 11.3 Å². The fraction of sp³-hybridized carbons (Fsp3) is 0.294. The molecule has 0 aliphatic carbocycles. The Hall–Kier alpha value is -2.38. The first-order chi connectivity index (χ1) is 17.8. The summed E-state index contributed by atoms with van der Waals surface area (Å²) < 4.78 is 4.44. The predicted octanol–water partition coefficient (Wildman–Crippen LogP) is 10.8. The van der Waals surface area contributed by atoms with Crippen molar-refractivity contribution in [1.29, 1.82) is 0 Å². The second-order valence-electron chi connectivity index (χ2n) is 10.2. The molecule has 0 saturated carbocycles. The van der Waals surface area contributed by atoms with Crippen molar-refractivity contribution in [2.24, 2.45) is 0 Å². The number of hydrogen-bond acceptors (Lipinski definition) is 1. The van der Waals surface area contributed by atoms with Crippen molar-refractivity contribution in [3.8, 4) is 10.0 Å². The molecule has 0 radical (unpaired) electrons. The van der Waals surface area contributed by atoms with E-state index in [1.165, 1.54) is 109 Å². The van der Waals surface area contributed by atoms with E-state index in [-0.39, 0.29) is 0 Å². The van der Waals surface area contributed by atoms with E-state index in [2.05, 4.69) is 85.8 Å². The van der Waals surface area contributed by atoms with Crippen LogP contribution in [0.2, 0.25) is 0 Å². The van der Waals surface area contributed by atoms with E-state index >= 15 is 0 Å². The molecule has 6 aromatic rings.